The van der Waals surface area contributed by atoms with Crippen molar-refractivity contribution in [2.45, 2.75) is 12.8 Å². The zero-order valence-electron chi connectivity index (χ0n) is 11.7. The number of hydrogen-bond acceptors (Lipinski definition) is 3. The maximum Gasteiger partial charge on any atom is 0.229 e. The second-order valence-electron chi connectivity index (χ2n) is 5.26. The van der Waals surface area contributed by atoms with Gasteiger partial charge in [-0.15, -0.1) is 0 Å². The predicted octanol–water partition coefficient (Wildman–Crippen LogP) is 1.41. The van der Waals surface area contributed by atoms with E-state index in [4.69, 9.17) is 18.0 Å². The van der Waals surface area contributed by atoms with Crippen LogP contribution in [0.2, 0.25) is 0 Å². The number of thiocarbonyl (C=S) groups is 1. The van der Waals surface area contributed by atoms with Crippen LogP contribution in [-0.4, -0.2) is 20.7 Å². The fraction of sp³-hybridized carbons (Fsp3) is 0.267. The third-order valence-corrected chi connectivity index (χ3v) is 4.09. The summed E-state index contributed by atoms with van der Waals surface area (Å²) in [5.41, 5.74) is 8.74. The number of hydrogen-bond donors (Lipinski definition) is 2. The van der Waals surface area contributed by atoms with Crippen molar-refractivity contribution >= 4 is 28.9 Å². The monoisotopic (exact) mass is 300 g/mol. The van der Waals surface area contributed by atoms with E-state index < -0.39 is 0 Å². The predicted molar refractivity (Wildman–Crippen MR) is 85.1 cm³/mol. The van der Waals surface area contributed by atoms with Crippen molar-refractivity contribution < 1.29 is 4.79 Å². The first-order valence-electron chi connectivity index (χ1n) is 6.75. The van der Waals surface area contributed by atoms with Gasteiger partial charge in [0.2, 0.25) is 5.91 Å². The van der Waals surface area contributed by atoms with Crippen LogP contribution in [0.5, 0.6) is 0 Å². The van der Waals surface area contributed by atoms with Crippen LogP contribution >= 0.6 is 12.2 Å². The standard InChI is InChI=1S/C15H16N4OS/c1-19-14(12(8-17-19)13(16)21)18-15(20)11-6-9-4-2-3-5-10(9)7-11/h2-5,8,11H,6-7H2,1H3,(H2,16,21)(H,18,20). The number of benzene rings is 1. The molecule has 0 fully saturated rings. The molecule has 0 spiro atoms. The highest BCUT2D eigenvalue weighted by atomic mass is 32.1. The van der Waals surface area contributed by atoms with E-state index in [0.717, 1.165) is 12.8 Å². The molecule has 0 atom stereocenters. The molecule has 1 aliphatic rings. The number of rotatable bonds is 3. The van der Waals surface area contributed by atoms with Gasteiger partial charge in [-0.2, -0.15) is 5.10 Å². The first-order chi connectivity index (χ1) is 10.1. The van der Waals surface area contributed by atoms with E-state index in [0.29, 0.717) is 11.4 Å². The highest BCUT2D eigenvalue weighted by Crippen LogP contribution is 2.27. The molecule has 3 rings (SSSR count). The largest absolute Gasteiger partial charge is 0.389 e. The number of fused-ring (bicyclic) bond motifs is 1. The minimum absolute atomic E-state index is 0.0210. The first kappa shape index (κ1) is 13.8. The second kappa shape index (κ2) is 5.29. The Bertz CT molecular complexity index is 697. The van der Waals surface area contributed by atoms with Crippen LogP contribution in [0.15, 0.2) is 30.5 Å². The Hall–Kier alpha value is -2.21. The summed E-state index contributed by atoms with van der Waals surface area (Å²) in [5, 5.41) is 7.00. The van der Waals surface area contributed by atoms with Crippen LogP contribution < -0.4 is 11.1 Å². The number of carbonyl (C=O) groups is 1. The van der Waals surface area contributed by atoms with Crippen molar-refractivity contribution in [2.24, 2.45) is 18.7 Å². The summed E-state index contributed by atoms with van der Waals surface area (Å²) >= 11 is 4.98. The van der Waals surface area contributed by atoms with Gasteiger partial charge in [0.25, 0.3) is 0 Å². The molecule has 1 heterocycles. The average Bonchev–Trinajstić information content (AvgIpc) is 3.03. The van der Waals surface area contributed by atoms with Crippen molar-refractivity contribution in [3.63, 3.8) is 0 Å². The molecule has 1 aliphatic carbocycles. The molecule has 1 aromatic carbocycles. The fourth-order valence-corrected chi connectivity index (χ4v) is 2.88. The van der Waals surface area contributed by atoms with Crippen molar-refractivity contribution in [1.29, 1.82) is 0 Å². The SMILES string of the molecule is Cn1ncc(C(N)=S)c1NC(=O)C1Cc2ccccc2C1. The van der Waals surface area contributed by atoms with E-state index in [1.807, 2.05) is 12.1 Å². The third kappa shape index (κ3) is 2.54. The lowest BCUT2D eigenvalue weighted by molar-refractivity contribution is -0.119. The lowest BCUT2D eigenvalue weighted by atomic mass is 10.1. The zero-order chi connectivity index (χ0) is 15.0. The Kier molecular flexibility index (Phi) is 3.47. The van der Waals surface area contributed by atoms with Crippen molar-refractivity contribution in [1.82, 2.24) is 9.78 Å². The number of aryl methyl sites for hydroxylation is 1. The summed E-state index contributed by atoms with van der Waals surface area (Å²) in [5.74, 6) is 0.479. The van der Waals surface area contributed by atoms with Crippen molar-refractivity contribution in [2.75, 3.05) is 5.32 Å². The third-order valence-electron chi connectivity index (χ3n) is 3.87. The number of nitrogens with two attached hydrogens (primary N) is 1. The second-order valence-corrected chi connectivity index (χ2v) is 5.70. The fourth-order valence-electron chi connectivity index (χ4n) is 2.73. The summed E-state index contributed by atoms with van der Waals surface area (Å²) < 4.78 is 1.58. The minimum atomic E-state index is -0.0588. The van der Waals surface area contributed by atoms with Crippen LogP contribution in [0, 0.1) is 5.92 Å². The number of amides is 1. The zero-order valence-corrected chi connectivity index (χ0v) is 12.5. The molecule has 21 heavy (non-hydrogen) atoms. The minimum Gasteiger partial charge on any atom is -0.389 e. The molecule has 0 bridgehead atoms. The van der Waals surface area contributed by atoms with Crippen molar-refractivity contribution in [3.8, 4) is 0 Å². The summed E-state index contributed by atoms with van der Waals surface area (Å²) in [6.45, 7) is 0. The van der Waals surface area contributed by atoms with Gasteiger partial charge >= 0.3 is 0 Å². The van der Waals surface area contributed by atoms with Crippen LogP contribution in [0.25, 0.3) is 0 Å². The molecule has 3 N–H and O–H groups in total. The number of aromatic nitrogens is 2. The van der Waals surface area contributed by atoms with E-state index in [-0.39, 0.29) is 16.8 Å². The average molecular weight is 300 g/mol. The van der Waals surface area contributed by atoms with Gasteiger partial charge in [0.05, 0.1) is 11.8 Å². The number of nitrogens with zero attached hydrogens (tertiary/aromatic N) is 2. The van der Waals surface area contributed by atoms with Gasteiger partial charge in [-0.1, -0.05) is 36.5 Å². The number of carbonyl (C=O) groups excluding carboxylic acids is 1. The molecular formula is C15H16N4OS. The number of nitrogens with one attached hydrogen (secondary N) is 1. The Morgan fingerprint density at radius 2 is 2.00 bits per heavy atom. The Morgan fingerprint density at radius 3 is 2.57 bits per heavy atom. The van der Waals surface area contributed by atoms with Gasteiger partial charge in [0, 0.05) is 13.0 Å². The highest BCUT2D eigenvalue weighted by Gasteiger charge is 2.28. The molecule has 5 nitrogen and oxygen atoms in total. The lowest BCUT2D eigenvalue weighted by Crippen LogP contribution is -2.26. The molecule has 0 radical (unpaired) electrons. The van der Waals surface area contributed by atoms with Gasteiger partial charge < -0.3 is 11.1 Å². The maximum absolute atomic E-state index is 12.5. The topological polar surface area (TPSA) is 72.9 Å². The normalized spacial score (nSPS) is 14.0. The Labute approximate surface area is 128 Å². The summed E-state index contributed by atoms with van der Waals surface area (Å²) in [7, 11) is 1.75. The molecular weight excluding hydrogens is 284 g/mol. The summed E-state index contributed by atoms with van der Waals surface area (Å²) in [6, 6.07) is 8.16. The molecule has 1 amide bonds. The molecule has 0 aliphatic heterocycles. The van der Waals surface area contributed by atoms with Gasteiger partial charge in [-0.25, -0.2) is 0 Å². The molecule has 0 saturated heterocycles. The van der Waals surface area contributed by atoms with Gasteiger partial charge in [-0.3, -0.25) is 9.48 Å². The molecule has 108 valence electrons. The van der Waals surface area contributed by atoms with E-state index >= 15 is 0 Å². The van der Waals surface area contributed by atoms with Crippen LogP contribution in [-0.2, 0) is 24.7 Å². The lowest BCUT2D eigenvalue weighted by Gasteiger charge is -2.12. The quantitative estimate of drug-likeness (QED) is 0.841. The van der Waals surface area contributed by atoms with E-state index in [1.165, 1.54) is 11.1 Å². The summed E-state index contributed by atoms with van der Waals surface area (Å²) in [4.78, 5) is 12.7. The van der Waals surface area contributed by atoms with Crippen LogP contribution in [0.4, 0.5) is 5.82 Å². The van der Waals surface area contributed by atoms with Crippen LogP contribution in [0.3, 0.4) is 0 Å². The molecule has 1 aromatic heterocycles. The van der Waals surface area contributed by atoms with E-state index in [1.54, 1.807) is 17.9 Å². The smallest absolute Gasteiger partial charge is 0.229 e. The highest BCUT2D eigenvalue weighted by molar-refractivity contribution is 7.80. The molecule has 0 unspecified atom stereocenters. The van der Waals surface area contributed by atoms with Gasteiger partial charge in [-0.05, 0) is 24.0 Å². The maximum atomic E-state index is 12.5. The van der Waals surface area contributed by atoms with E-state index in [9.17, 15) is 4.79 Å². The molecule has 6 heteroatoms. The van der Waals surface area contributed by atoms with Gasteiger partial charge in [0.15, 0.2) is 0 Å². The van der Waals surface area contributed by atoms with Crippen molar-refractivity contribution in [3.05, 3.63) is 47.2 Å². The van der Waals surface area contributed by atoms with E-state index in [2.05, 4.69) is 22.5 Å². The molecule has 2 aromatic rings. The first-order valence-corrected chi connectivity index (χ1v) is 7.16. The Balaban J connectivity index is 1.77. The number of anilines is 1. The van der Waals surface area contributed by atoms with Crippen LogP contribution in [0.1, 0.15) is 16.7 Å². The molecule has 0 saturated carbocycles. The Morgan fingerprint density at radius 1 is 1.38 bits per heavy atom. The van der Waals surface area contributed by atoms with Gasteiger partial charge in [0.1, 0.15) is 10.8 Å². The summed E-state index contributed by atoms with van der Waals surface area (Å²) in [6.07, 6.45) is 3.10.